The van der Waals surface area contributed by atoms with E-state index in [2.05, 4.69) is 39.5 Å². The highest BCUT2D eigenvalue weighted by molar-refractivity contribution is 14.0. The Balaban J connectivity index is 0.00000338. The smallest absolute Gasteiger partial charge is 0.220 e. The first-order valence-electron chi connectivity index (χ1n) is 9.11. The van der Waals surface area contributed by atoms with Gasteiger partial charge >= 0.3 is 0 Å². The van der Waals surface area contributed by atoms with Gasteiger partial charge in [-0.1, -0.05) is 0 Å². The van der Waals surface area contributed by atoms with Gasteiger partial charge in [0.15, 0.2) is 5.96 Å². The summed E-state index contributed by atoms with van der Waals surface area (Å²) in [4.78, 5) is 18.2. The number of hydrogen-bond donors (Lipinski definition) is 2. The summed E-state index contributed by atoms with van der Waals surface area (Å²) >= 11 is 0. The number of piperidine rings is 1. The number of hydrogen-bond acceptors (Lipinski definition) is 3. The van der Waals surface area contributed by atoms with Crippen molar-refractivity contribution < 1.29 is 4.79 Å². The highest BCUT2D eigenvalue weighted by Gasteiger charge is 2.23. The van der Waals surface area contributed by atoms with Crippen molar-refractivity contribution in [3.05, 3.63) is 17.0 Å². The van der Waals surface area contributed by atoms with Crippen molar-refractivity contribution in [2.75, 3.05) is 33.7 Å². The molecule has 1 aromatic rings. The second kappa shape index (κ2) is 10.7. The highest BCUT2D eigenvalue weighted by Crippen LogP contribution is 2.20. The minimum Gasteiger partial charge on any atom is -0.359 e. The molecule has 1 fully saturated rings. The van der Waals surface area contributed by atoms with Crippen LogP contribution in [0.3, 0.4) is 0 Å². The van der Waals surface area contributed by atoms with E-state index in [1.807, 2.05) is 18.8 Å². The van der Waals surface area contributed by atoms with Gasteiger partial charge in [0, 0.05) is 52.9 Å². The number of carbonyl (C=O) groups excluding carboxylic acids is 1. The average Bonchev–Trinajstić information content (AvgIpc) is 2.85. The van der Waals surface area contributed by atoms with Crippen LogP contribution in [0.25, 0.3) is 0 Å². The minimum atomic E-state index is 0. The molecule has 0 aliphatic carbocycles. The summed E-state index contributed by atoms with van der Waals surface area (Å²) in [5, 5.41) is 10.7. The third-order valence-corrected chi connectivity index (χ3v) is 5.20. The number of carbonyl (C=O) groups is 1. The molecule has 1 aliphatic rings. The summed E-state index contributed by atoms with van der Waals surface area (Å²) < 4.78 is 1.94. The van der Waals surface area contributed by atoms with E-state index >= 15 is 0 Å². The fourth-order valence-electron chi connectivity index (χ4n) is 3.52. The van der Waals surface area contributed by atoms with Gasteiger partial charge in [-0.2, -0.15) is 5.10 Å². The van der Waals surface area contributed by atoms with E-state index in [1.54, 1.807) is 7.05 Å². The van der Waals surface area contributed by atoms with E-state index in [9.17, 15) is 4.79 Å². The lowest BCUT2D eigenvalue weighted by Crippen LogP contribution is -2.46. The Morgan fingerprint density at radius 1 is 1.31 bits per heavy atom. The van der Waals surface area contributed by atoms with Crippen LogP contribution in [0.15, 0.2) is 4.99 Å². The first-order valence-corrected chi connectivity index (χ1v) is 9.11. The fourth-order valence-corrected chi connectivity index (χ4v) is 3.52. The number of likely N-dealkylation sites (tertiary alicyclic amines) is 1. The quantitative estimate of drug-likeness (QED) is 0.385. The standard InChI is InChI=1S/C18H32N6O.HI/c1-13-16(14(2)23(5)22-13)6-9-21-18(20-4)24-10-7-15(8-11-24)12-17(25)19-3;/h15H,6-12H2,1-5H3,(H,19,25)(H,20,21);1H. The lowest BCUT2D eigenvalue weighted by molar-refractivity contribution is -0.121. The molecule has 0 atom stereocenters. The molecule has 2 rings (SSSR count). The first-order chi connectivity index (χ1) is 12.0. The molecule has 0 bridgehead atoms. The van der Waals surface area contributed by atoms with Crippen LogP contribution in [0.5, 0.6) is 0 Å². The van der Waals surface area contributed by atoms with E-state index < -0.39 is 0 Å². The van der Waals surface area contributed by atoms with E-state index in [4.69, 9.17) is 0 Å². The number of halogens is 1. The highest BCUT2D eigenvalue weighted by atomic mass is 127. The van der Waals surface area contributed by atoms with Crippen molar-refractivity contribution in [2.45, 2.75) is 39.5 Å². The molecule has 1 saturated heterocycles. The van der Waals surface area contributed by atoms with Gasteiger partial charge in [0.25, 0.3) is 0 Å². The molecule has 1 aliphatic heterocycles. The maximum absolute atomic E-state index is 11.5. The normalized spacial score (nSPS) is 15.6. The van der Waals surface area contributed by atoms with Gasteiger partial charge in [-0.25, -0.2) is 0 Å². The molecule has 0 spiro atoms. The summed E-state index contributed by atoms with van der Waals surface area (Å²) in [6.45, 7) is 6.92. The summed E-state index contributed by atoms with van der Waals surface area (Å²) in [7, 11) is 5.52. The molecule has 1 amide bonds. The van der Waals surface area contributed by atoms with E-state index in [0.717, 1.165) is 50.6 Å². The molecule has 26 heavy (non-hydrogen) atoms. The Kier molecular flexibility index (Phi) is 9.38. The van der Waals surface area contributed by atoms with Crippen LogP contribution in [0, 0.1) is 19.8 Å². The molecule has 8 heteroatoms. The predicted molar refractivity (Wildman–Crippen MR) is 116 cm³/mol. The number of aliphatic imine (C=N–C) groups is 1. The van der Waals surface area contributed by atoms with Gasteiger partial charge in [0.05, 0.1) is 5.69 Å². The van der Waals surface area contributed by atoms with Crippen molar-refractivity contribution in [1.82, 2.24) is 25.3 Å². The maximum atomic E-state index is 11.5. The first kappa shape index (κ1) is 22.7. The third kappa shape index (κ3) is 5.85. The van der Waals surface area contributed by atoms with Crippen LogP contribution in [-0.2, 0) is 18.3 Å². The number of aryl methyl sites for hydroxylation is 2. The van der Waals surface area contributed by atoms with Gasteiger partial charge in [0.2, 0.25) is 5.91 Å². The summed E-state index contributed by atoms with van der Waals surface area (Å²) in [5.41, 5.74) is 3.64. The van der Waals surface area contributed by atoms with Gasteiger partial charge in [-0.3, -0.25) is 14.5 Å². The third-order valence-electron chi connectivity index (χ3n) is 5.20. The van der Waals surface area contributed by atoms with Crippen molar-refractivity contribution >= 4 is 35.8 Å². The molecule has 148 valence electrons. The van der Waals surface area contributed by atoms with Crippen molar-refractivity contribution in [3.63, 3.8) is 0 Å². The molecule has 1 aromatic heterocycles. The topological polar surface area (TPSA) is 74.5 Å². The molecular formula is C18H33IN6O. The molecule has 0 radical (unpaired) electrons. The summed E-state index contributed by atoms with van der Waals surface area (Å²) in [5.74, 6) is 1.58. The average molecular weight is 476 g/mol. The van der Waals surface area contributed by atoms with Gasteiger partial charge in [-0.05, 0) is 44.6 Å². The number of rotatable bonds is 5. The van der Waals surface area contributed by atoms with Crippen LogP contribution in [0.2, 0.25) is 0 Å². The Morgan fingerprint density at radius 3 is 2.46 bits per heavy atom. The molecular weight excluding hydrogens is 443 g/mol. The van der Waals surface area contributed by atoms with Gasteiger partial charge < -0.3 is 15.5 Å². The molecule has 0 aromatic carbocycles. The largest absolute Gasteiger partial charge is 0.359 e. The molecule has 0 unspecified atom stereocenters. The maximum Gasteiger partial charge on any atom is 0.220 e. The molecule has 2 N–H and O–H groups in total. The second-order valence-electron chi connectivity index (χ2n) is 6.80. The zero-order chi connectivity index (χ0) is 18.4. The lowest BCUT2D eigenvalue weighted by Gasteiger charge is -2.34. The minimum absolute atomic E-state index is 0. The van der Waals surface area contributed by atoms with Crippen molar-refractivity contribution in [1.29, 1.82) is 0 Å². The lowest BCUT2D eigenvalue weighted by atomic mass is 9.93. The van der Waals surface area contributed by atoms with E-state index in [1.165, 1.54) is 11.3 Å². The number of nitrogens with one attached hydrogen (secondary N) is 2. The summed E-state index contributed by atoms with van der Waals surface area (Å²) in [6, 6.07) is 0. The Labute approximate surface area is 174 Å². The van der Waals surface area contributed by atoms with Crippen LogP contribution in [0.1, 0.15) is 36.2 Å². The zero-order valence-electron chi connectivity index (χ0n) is 16.6. The zero-order valence-corrected chi connectivity index (χ0v) is 19.0. The Morgan fingerprint density at radius 2 is 1.96 bits per heavy atom. The monoisotopic (exact) mass is 476 g/mol. The van der Waals surface area contributed by atoms with Crippen LogP contribution < -0.4 is 10.6 Å². The number of amides is 1. The molecule has 2 heterocycles. The molecule has 0 saturated carbocycles. The van der Waals surface area contributed by atoms with Crippen LogP contribution in [-0.4, -0.2) is 60.3 Å². The van der Waals surface area contributed by atoms with Gasteiger partial charge in [-0.15, -0.1) is 24.0 Å². The number of nitrogens with zero attached hydrogens (tertiary/aromatic N) is 4. The van der Waals surface area contributed by atoms with Crippen LogP contribution >= 0.6 is 24.0 Å². The van der Waals surface area contributed by atoms with Gasteiger partial charge in [0.1, 0.15) is 0 Å². The Hall–Kier alpha value is -1.32. The predicted octanol–water partition coefficient (Wildman–Crippen LogP) is 1.62. The van der Waals surface area contributed by atoms with E-state index in [0.29, 0.717) is 12.3 Å². The molecule has 7 nitrogen and oxygen atoms in total. The van der Waals surface area contributed by atoms with Crippen LogP contribution in [0.4, 0.5) is 0 Å². The number of aromatic nitrogens is 2. The van der Waals surface area contributed by atoms with E-state index in [-0.39, 0.29) is 29.9 Å². The van der Waals surface area contributed by atoms with Crippen molar-refractivity contribution in [2.24, 2.45) is 18.0 Å². The summed E-state index contributed by atoms with van der Waals surface area (Å²) in [6.07, 6.45) is 3.65. The SMILES string of the molecule is CN=C(NCCc1c(C)nn(C)c1C)N1CCC(CC(=O)NC)CC1.I. The second-order valence-corrected chi connectivity index (χ2v) is 6.80. The fraction of sp³-hybridized carbons (Fsp3) is 0.722. The number of guanidine groups is 1. The Bertz CT molecular complexity index is 619. The van der Waals surface area contributed by atoms with Crippen molar-refractivity contribution in [3.8, 4) is 0 Å².